The van der Waals surface area contributed by atoms with Crippen LogP contribution < -0.4 is 10.0 Å². The highest BCUT2D eigenvalue weighted by Crippen LogP contribution is 2.22. The van der Waals surface area contributed by atoms with Crippen molar-refractivity contribution in [3.8, 4) is 0 Å². The molecule has 0 saturated carbocycles. The summed E-state index contributed by atoms with van der Waals surface area (Å²) >= 11 is 1.53. The lowest BCUT2D eigenvalue weighted by Crippen LogP contribution is -2.26. The zero-order valence-corrected chi connectivity index (χ0v) is 16.3. The average molecular weight is 395 g/mol. The number of sulfonamides is 1. The van der Waals surface area contributed by atoms with Crippen LogP contribution in [0, 0.1) is 0 Å². The van der Waals surface area contributed by atoms with Gasteiger partial charge in [0.25, 0.3) is 15.9 Å². The summed E-state index contributed by atoms with van der Waals surface area (Å²) in [6, 6.07) is 13.1. The number of ether oxygens (including phenoxy) is 1. The van der Waals surface area contributed by atoms with Crippen molar-refractivity contribution in [1.29, 1.82) is 0 Å². The van der Waals surface area contributed by atoms with Crippen LogP contribution in [0.25, 0.3) is 0 Å². The van der Waals surface area contributed by atoms with E-state index in [2.05, 4.69) is 10.0 Å². The number of benzene rings is 2. The van der Waals surface area contributed by atoms with Gasteiger partial charge >= 0.3 is 0 Å². The minimum atomic E-state index is -3.78. The Balaban J connectivity index is 2.16. The van der Waals surface area contributed by atoms with E-state index in [1.807, 2.05) is 6.26 Å². The number of carbonyl (C=O) groups excluding carboxylic acids is 1. The van der Waals surface area contributed by atoms with E-state index >= 15 is 0 Å². The van der Waals surface area contributed by atoms with E-state index in [4.69, 9.17) is 4.74 Å². The van der Waals surface area contributed by atoms with E-state index in [1.54, 1.807) is 55.6 Å². The molecule has 2 N–H and O–H groups in total. The van der Waals surface area contributed by atoms with Crippen LogP contribution in [0.3, 0.4) is 0 Å². The standard InChI is InChI=1S/C18H22N2O4S2/c1-24-13-5-12-19-18(21)16-6-3-4-7-17(16)20-26(22,23)15-10-8-14(25-2)9-11-15/h3-4,6-11,20H,5,12-13H2,1-2H3,(H,19,21). The van der Waals surface area contributed by atoms with Gasteiger partial charge in [-0.2, -0.15) is 0 Å². The van der Waals surface area contributed by atoms with Crippen LogP contribution in [-0.2, 0) is 14.8 Å². The van der Waals surface area contributed by atoms with Gasteiger partial charge in [0.05, 0.1) is 16.1 Å². The molecule has 0 heterocycles. The van der Waals surface area contributed by atoms with Crippen molar-refractivity contribution < 1.29 is 17.9 Å². The summed E-state index contributed by atoms with van der Waals surface area (Å²) in [6.07, 6.45) is 2.60. The zero-order valence-electron chi connectivity index (χ0n) is 14.7. The Morgan fingerprint density at radius 2 is 1.81 bits per heavy atom. The van der Waals surface area contributed by atoms with Crippen LogP contribution in [-0.4, -0.2) is 40.8 Å². The molecule has 0 saturated heterocycles. The molecule has 0 fully saturated rings. The van der Waals surface area contributed by atoms with Crippen molar-refractivity contribution in [2.24, 2.45) is 0 Å². The second-order valence-corrected chi connectivity index (χ2v) is 7.99. The Morgan fingerprint density at radius 3 is 2.46 bits per heavy atom. The molecule has 0 bridgehead atoms. The molecule has 8 heteroatoms. The van der Waals surface area contributed by atoms with Crippen molar-refractivity contribution >= 4 is 33.4 Å². The zero-order chi connectivity index (χ0) is 19.0. The van der Waals surface area contributed by atoms with Gasteiger partial charge in [0, 0.05) is 25.2 Å². The Kier molecular flexibility index (Phi) is 7.50. The van der Waals surface area contributed by atoms with Crippen LogP contribution in [0.2, 0.25) is 0 Å². The first-order valence-corrected chi connectivity index (χ1v) is 10.7. The number of hydrogen-bond acceptors (Lipinski definition) is 5. The number of anilines is 1. The summed E-state index contributed by atoms with van der Waals surface area (Å²) in [5.74, 6) is -0.336. The first-order valence-electron chi connectivity index (χ1n) is 8.01. The topological polar surface area (TPSA) is 84.5 Å². The van der Waals surface area contributed by atoms with Crippen molar-refractivity contribution in [1.82, 2.24) is 5.32 Å². The SMILES string of the molecule is COCCCNC(=O)c1ccccc1NS(=O)(=O)c1ccc(SC)cc1. The molecule has 0 atom stereocenters. The molecule has 2 aromatic rings. The number of para-hydroxylation sites is 1. The van der Waals surface area contributed by atoms with E-state index in [-0.39, 0.29) is 22.1 Å². The number of amides is 1. The van der Waals surface area contributed by atoms with Crippen molar-refractivity contribution in [2.75, 3.05) is 31.2 Å². The van der Waals surface area contributed by atoms with Gasteiger partial charge in [0.15, 0.2) is 0 Å². The molecule has 140 valence electrons. The summed E-state index contributed by atoms with van der Waals surface area (Å²) in [5.41, 5.74) is 0.514. The van der Waals surface area contributed by atoms with Crippen molar-refractivity contribution in [3.63, 3.8) is 0 Å². The van der Waals surface area contributed by atoms with Crippen LogP contribution >= 0.6 is 11.8 Å². The summed E-state index contributed by atoms with van der Waals surface area (Å²) in [7, 11) is -2.19. The van der Waals surface area contributed by atoms with Crippen LogP contribution in [0.4, 0.5) is 5.69 Å². The summed E-state index contributed by atoms with van der Waals surface area (Å²) in [6.45, 7) is 0.991. The Bertz CT molecular complexity index is 837. The van der Waals surface area contributed by atoms with Crippen LogP contribution in [0.1, 0.15) is 16.8 Å². The van der Waals surface area contributed by atoms with Gasteiger partial charge in [-0.1, -0.05) is 12.1 Å². The lowest BCUT2D eigenvalue weighted by atomic mass is 10.1. The predicted octanol–water partition coefficient (Wildman–Crippen LogP) is 2.98. The van der Waals surface area contributed by atoms with Gasteiger partial charge in [-0.05, 0) is 49.1 Å². The summed E-state index contributed by atoms with van der Waals surface area (Å²) in [5, 5.41) is 2.76. The Morgan fingerprint density at radius 1 is 1.12 bits per heavy atom. The van der Waals surface area contributed by atoms with Gasteiger partial charge in [-0.15, -0.1) is 11.8 Å². The summed E-state index contributed by atoms with van der Waals surface area (Å²) in [4.78, 5) is 13.5. The molecular formula is C18H22N2O4S2. The number of hydrogen-bond donors (Lipinski definition) is 2. The molecule has 26 heavy (non-hydrogen) atoms. The number of methoxy groups -OCH3 is 1. The third kappa shape index (κ3) is 5.48. The smallest absolute Gasteiger partial charge is 0.261 e. The van der Waals surface area contributed by atoms with E-state index in [1.165, 1.54) is 11.8 Å². The maximum Gasteiger partial charge on any atom is 0.261 e. The number of nitrogens with one attached hydrogen (secondary N) is 2. The molecule has 0 radical (unpaired) electrons. The predicted molar refractivity (Wildman–Crippen MR) is 104 cm³/mol. The molecule has 2 rings (SSSR count). The quantitative estimate of drug-likeness (QED) is 0.505. The fourth-order valence-electron chi connectivity index (χ4n) is 2.24. The van der Waals surface area contributed by atoms with Gasteiger partial charge < -0.3 is 10.1 Å². The maximum atomic E-state index is 12.6. The minimum Gasteiger partial charge on any atom is -0.385 e. The highest BCUT2D eigenvalue weighted by Gasteiger charge is 2.18. The second-order valence-electron chi connectivity index (χ2n) is 5.43. The minimum absolute atomic E-state index is 0.144. The number of thioether (sulfide) groups is 1. The first-order chi connectivity index (χ1) is 12.5. The average Bonchev–Trinajstić information content (AvgIpc) is 2.65. The normalized spacial score (nSPS) is 11.2. The largest absolute Gasteiger partial charge is 0.385 e. The van der Waals surface area contributed by atoms with E-state index in [0.29, 0.717) is 19.6 Å². The third-order valence-electron chi connectivity index (χ3n) is 3.60. The van der Waals surface area contributed by atoms with Gasteiger partial charge in [-0.25, -0.2) is 8.42 Å². The van der Waals surface area contributed by atoms with E-state index in [0.717, 1.165) is 4.90 Å². The summed E-state index contributed by atoms with van der Waals surface area (Å²) < 4.78 is 32.7. The van der Waals surface area contributed by atoms with Gasteiger partial charge in [-0.3, -0.25) is 9.52 Å². The van der Waals surface area contributed by atoms with E-state index < -0.39 is 10.0 Å². The molecule has 0 spiro atoms. The molecule has 0 unspecified atom stereocenters. The fraction of sp³-hybridized carbons (Fsp3) is 0.278. The lowest BCUT2D eigenvalue weighted by Gasteiger charge is -2.13. The number of rotatable bonds is 9. The molecule has 1 amide bonds. The Labute approximate surface area is 158 Å². The molecule has 0 aliphatic carbocycles. The molecule has 0 aliphatic heterocycles. The molecule has 2 aromatic carbocycles. The lowest BCUT2D eigenvalue weighted by molar-refractivity contribution is 0.0949. The monoisotopic (exact) mass is 394 g/mol. The van der Waals surface area contributed by atoms with E-state index in [9.17, 15) is 13.2 Å². The third-order valence-corrected chi connectivity index (χ3v) is 5.72. The highest BCUT2D eigenvalue weighted by atomic mass is 32.2. The molecule has 0 aliphatic rings. The molecule has 6 nitrogen and oxygen atoms in total. The van der Waals surface area contributed by atoms with Crippen LogP contribution in [0.15, 0.2) is 58.3 Å². The van der Waals surface area contributed by atoms with Crippen LogP contribution in [0.5, 0.6) is 0 Å². The van der Waals surface area contributed by atoms with Crippen molar-refractivity contribution in [2.45, 2.75) is 16.2 Å². The maximum absolute atomic E-state index is 12.6. The van der Waals surface area contributed by atoms with Crippen molar-refractivity contribution in [3.05, 3.63) is 54.1 Å². The van der Waals surface area contributed by atoms with Gasteiger partial charge in [0.1, 0.15) is 0 Å². The molecule has 0 aromatic heterocycles. The van der Waals surface area contributed by atoms with Gasteiger partial charge in [0.2, 0.25) is 0 Å². The number of carbonyl (C=O) groups is 1. The highest BCUT2D eigenvalue weighted by molar-refractivity contribution is 7.98. The molecular weight excluding hydrogens is 372 g/mol. The fourth-order valence-corrected chi connectivity index (χ4v) is 3.73. The first kappa shape index (κ1) is 20.3. The Hall–Kier alpha value is -2.03. The second kappa shape index (κ2) is 9.61.